The summed E-state index contributed by atoms with van der Waals surface area (Å²) in [4.78, 5) is 28.8. The number of hydrogen-bond donors (Lipinski definition) is 0. The summed E-state index contributed by atoms with van der Waals surface area (Å²) >= 11 is 0. The molecule has 0 amide bonds. The van der Waals surface area contributed by atoms with Gasteiger partial charge in [-0.05, 0) is 48.5 Å². The van der Waals surface area contributed by atoms with Gasteiger partial charge in [0.1, 0.15) is 5.52 Å². The minimum Gasteiger partial charge on any atom is -0.436 e. The van der Waals surface area contributed by atoms with E-state index >= 15 is 0 Å². The summed E-state index contributed by atoms with van der Waals surface area (Å²) in [5, 5.41) is 2.03. The number of rotatable bonds is 4. The third-order valence-electron chi connectivity index (χ3n) is 7.07. The number of benzene rings is 4. The van der Waals surface area contributed by atoms with Crippen LogP contribution in [0.1, 0.15) is 0 Å². The molecular weight excluding hydrogens is 508 g/mol. The SMILES string of the molecule is c1cnc2c(-c3nc(-c4ccc(-c5nc6ccccc6o5)cc4)nc(-c4cccc5cccnc45)n3)cccc2c1. The van der Waals surface area contributed by atoms with E-state index in [1.807, 2.05) is 109 Å². The fraction of sp³-hybridized carbons (Fsp3) is 0. The smallest absolute Gasteiger partial charge is 0.227 e. The minimum atomic E-state index is 0.547. The molecule has 0 bridgehead atoms. The van der Waals surface area contributed by atoms with Gasteiger partial charge in [0.15, 0.2) is 23.1 Å². The average molecular weight is 529 g/mol. The molecule has 0 unspecified atom stereocenters. The first kappa shape index (κ1) is 23.1. The number of fused-ring (bicyclic) bond motifs is 3. The van der Waals surface area contributed by atoms with Crippen LogP contribution in [0.3, 0.4) is 0 Å². The molecule has 4 heterocycles. The number of pyridine rings is 2. The lowest BCUT2D eigenvalue weighted by atomic mass is 10.1. The Labute approximate surface area is 234 Å². The molecule has 0 aliphatic carbocycles. The average Bonchev–Trinajstić information content (AvgIpc) is 3.49. The van der Waals surface area contributed by atoms with Gasteiger partial charge in [0.2, 0.25) is 5.89 Å². The Morgan fingerprint density at radius 2 is 1.00 bits per heavy atom. The molecule has 41 heavy (non-hydrogen) atoms. The number of aromatic nitrogens is 6. The molecule has 0 aliphatic heterocycles. The zero-order valence-electron chi connectivity index (χ0n) is 21.6. The fourth-order valence-corrected chi connectivity index (χ4v) is 5.07. The van der Waals surface area contributed by atoms with Gasteiger partial charge < -0.3 is 4.42 Å². The third kappa shape index (κ3) is 4.08. The van der Waals surface area contributed by atoms with Gasteiger partial charge in [0, 0.05) is 45.4 Å². The highest BCUT2D eigenvalue weighted by Gasteiger charge is 2.17. The second kappa shape index (κ2) is 9.43. The van der Waals surface area contributed by atoms with Gasteiger partial charge in [-0.2, -0.15) is 0 Å². The van der Waals surface area contributed by atoms with E-state index in [4.69, 9.17) is 19.4 Å². The van der Waals surface area contributed by atoms with Gasteiger partial charge in [0.05, 0.1) is 11.0 Å². The van der Waals surface area contributed by atoms with Crippen molar-refractivity contribution < 1.29 is 4.42 Å². The maximum absolute atomic E-state index is 5.97. The Morgan fingerprint density at radius 1 is 0.439 bits per heavy atom. The second-order valence-electron chi connectivity index (χ2n) is 9.63. The molecule has 0 saturated heterocycles. The van der Waals surface area contributed by atoms with E-state index in [0.717, 1.165) is 55.2 Å². The molecule has 0 radical (unpaired) electrons. The standard InChI is InChI=1S/C34H20N6O/c1-2-14-28-27(13-1)37-34(41-28)24-17-15-23(16-18-24)31-38-32(25-11-3-7-21-9-5-19-35-29(21)25)40-33(39-31)26-12-4-8-22-10-6-20-36-30(22)26/h1-20H. The summed E-state index contributed by atoms with van der Waals surface area (Å²) in [5.41, 5.74) is 6.64. The fourth-order valence-electron chi connectivity index (χ4n) is 5.07. The monoisotopic (exact) mass is 528 g/mol. The van der Waals surface area contributed by atoms with Crippen molar-refractivity contribution in [2.24, 2.45) is 0 Å². The maximum Gasteiger partial charge on any atom is 0.227 e. The Bertz CT molecular complexity index is 2080. The zero-order chi connectivity index (χ0) is 27.2. The van der Waals surface area contributed by atoms with E-state index in [0.29, 0.717) is 23.4 Å². The predicted molar refractivity (Wildman–Crippen MR) is 160 cm³/mol. The van der Waals surface area contributed by atoms with Crippen molar-refractivity contribution >= 4 is 32.9 Å². The molecule has 4 aromatic carbocycles. The van der Waals surface area contributed by atoms with Crippen LogP contribution in [-0.4, -0.2) is 29.9 Å². The Hall–Kier alpha value is -5.82. The minimum absolute atomic E-state index is 0.547. The molecule has 0 saturated carbocycles. The van der Waals surface area contributed by atoms with E-state index in [1.54, 1.807) is 12.4 Å². The van der Waals surface area contributed by atoms with E-state index in [2.05, 4.69) is 15.0 Å². The van der Waals surface area contributed by atoms with E-state index < -0.39 is 0 Å². The largest absolute Gasteiger partial charge is 0.436 e. The summed E-state index contributed by atoms with van der Waals surface area (Å²) in [7, 11) is 0. The lowest BCUT2D eigenvalue weighted by Crippen LogP contribution is -2.01. The predicted octanol–water partition coefficient (Wildman–Crippen LogP) is 7.78. The molecule has 0 spiro atoms. The highest BCUT2D eigenvalue weighted by Crippen LogP contribution is 2.32. The molecule has 8 rings (SSSR count). The van der Waals surface area contributed by atoms with E-state index in [9.17, 15) is 0 Å². The number of nitrogens with zero attached hydrogens (tertiary/aromatic N) is 6. The van der Waals surface area contributed by atoms with Crippen LogP contribution in [0.4, 0.5) is 0 Å². The van der Waals surface area contributed by atoms with E-state index in [-0.39, 0.29) is 0 Å². The van der Waals surface area contributed by atoms with Crippen LogP contribution < -0.4 is 0 Å². The summed E-state index contributed by atoms with van der Waals surface area (Å²) in [6, 6.07) is 35.6. The molecule has 0 N–H and O–H groups in total. The molecule has 192 valence electrons. The zero-order valence-corrected chi connectivity index (χ0v) is 21.6. The van der Waals surface area contributed by atoms with Crippen molar-refractivity contribution in [3.63, 3.8) is 0 Å². The van der Waals surface area contributed by atoms with Gasteiger partial charge >= 0.3 is 0 Å². The molecule has 7 heteroatoms. The summed E-state index contributed by atoms with van der Waals surface area (Å²) in [6.45, 7) is 0. The van der Waals surface area contributed by atoms with Crippen molar-refractivity contribution in [2.75, 3.05) is 0 Å². The Morgan fingerprint density at radius 3 is 1.63 bits per heavy atom. The molecule has 7 nitrogen and oxygen atoms in total. The van der Waals surface area contributed by atoms with Crippen LogP contribution in [0.15, 0.2) is 126 Å². The van der Waals surface area contributed by atoms with Gasteiger partial charge in [-0.1, -0.05) is 60.7 Å². The molecular formula is C34H20N6O. The number of para-hydroxylation sites is 4. The van der Waals surface area contributed by atoms with E-state index in [1.165, 1.54) is 0 Å². The highest BCUT2D eigenvalue weighted by atomic mass is 16.3. The van der Waals surface area contributed by atoms with Gasteiger partial charge in [-0.25, -0.2) is 19.9 Å². The summed E-state index contributed by atoms with van der Waals surface area (Å²) < 4.78 is 5.97. The molecule has 4 aromatic heterocycles. The van der Waals surface area contributed by atoms with Crippen molar-refractivity contribution in [3.05, 3.63) is 122 Å². The maximum atomic E-state index is 5.97. The van der Waals surface area contributed by atoms with Gasteiger partial charge in [-0.3, -0.25) is 9.97 Å². The Balaban J connectivity index is 1.30. The topological polar surface area (TPSA) is 90.5 Å². The first-order chi connectivity index (χ1) is 20.3. The van der Waals surface area contributed by atoms with Crippen molar-refractivity contribution in [1.29, 1.82) is 0 Å². The van der Waals surface area contributed by atoms with Crippen LogP contribution in [0, 0.1) is 0 Å². The van der Waals surface area contributed by atoms with Crippen molar-refractivity contribution in [2.45, 2.75) is 0 Å². The summed E-state index contributed by atoms with van der Waals surface area (Å²) in [5.74, 6) is 2.21. The van der Waals surface area contributed by atoms with Crippen molar-refractivity contribution in [3.8, 4) is 45.6 Å². The van der Waals surface area contributed by atoms with Gasteiger partial charge in [0.25, 0.3) is 0 Å². The van der Waals surface area contributed by atoms with Crippen molar-refractivity contribution in [1.82, 2.24) is 29.9 Å². The van der Waals surface area contributed by atoms with Gasteiger partial charge in [-0.15, -0.1) is 0 Å². The highest BCUT2D eigenvalue weighted by molar-refractivity contribution is 5.94. The third-order valence-corrected chi connectivity index (χ3v) is 7.07. The van der Waals surface area contributed by atoms with Crippen LogP contribution >= 0.6 is 0 Å². The quantitative estimate of drug-likeness (QED) is 0.230. The van der Waals surface area contributed by atoms with Crippen LogP contribution in [-0.2, 0) is 0 Å². The molecule has 0 atom stereocenters. The normalized spacial score (nSPS) is 11.4. The van der Waals surface area contributed by atoms with Crippen LogP contribution in [0.25, 0.3) is 78.5 Å². The molecule has 8 aromatic rings. The Kier molecular flexibility index (Phi) is 5.31. The first-order valence-electron chi connectivity index (χ1n) is 13.2. The molecule has 0 fully saturated rings. The van der Waals surface area contributed by atoms with Crippen LogP contribution in [0.2, 0.25) is 0 Å². The number of oxazole rings is 1. The first-order valence-corrected chi connectivity index (χ1v) is 13.2. The molecule has 0 aliphatic rings. The lowest BCUT2D eigenvalue weighted by molar-refractivity contribution is 0.620. The second-order valence-corrected chi connectivity index (χ2v) is 9.63. The van der Waals surface area contributed by atoms with Crippen LogP contribution in [0.5, 0.6) is 0 Å². The number of hydrogen-bond acceptors (Lipinski definition) is 7. The summed E-state index contributed by atoms with van der Waals surface area (Å²) in [6.07, 6.45) is 3.57. The lowest BCUT2D eigenvalue weighted by Gasteiger charge is -2.11.